The second-order valence-electron chi connectivity index (χ2n) is 4.53. The van der Waals surface area contributed by atoms with Gasteiger partial charge in [-0.25, -0.2) is 0 Å². The Morgan fingerprint density at radius 3 is 2.29 bits per heavy atom. The van der Waals surface area contributed by atoms with Crippen molar-refractivity contribution >= 4 is 5.91 Å². The topological polar surface area (TPSA) is 41.1 Å². The molecule has 0 saturated heterocycles. The van der Waals surface area contributed by atoms with Crippen LogP contribution in [0.3, 0.4) is 0 Å². The van der Waals surface area contributed by atoms with E-state index in [1.165, 1.54) is 0 Å². The molecular weight excluding hydrogens is 233 g/mol. The molecule has 1 atom stereocenters. The molecule has 0 saturated carbocycles. The molecule has 0 rings (SSSR count). The lowest BCUT2D eigenvalue weighted by atomic mass is 10.2. The van der Waals surface area contributed by atoms with E-state index < -0.39 is 18.6 Å². The van der Waals surface area contributed by atoms with Gasteiger partial charge in [-0.05, 0) is 25.8 Å². The average Bonchev–Trinajstić information content (AvgIpc) is 2.19. The Bertz CT molecular complexity index is 229. The first-order chi connectivity index (χ1) is 7.72. The molecule has 0 aliphatic carbocycles. The summed E-state index contributed by atoms with van der Waals surface area (Å²) >= 11 is 0. The maximum atomic E-state index is 11.8. The molecule has 102 valence electrons. The summed E-state index contributed by atoms with van der Waals surface area (Å²) in [6.07, 6.45) is -4.95. The van der Waals surface area contributed by atoms with Crippen molar-refractivity contribution in [1.29, 1.82) is 0 Å². The van der Waals surface area contributed by atoms with Crippen LogP contribution in [0, 0.1) is 5.92 Å². The zero-order valence-electron chi connectivity index (χ0n) is 10.5. The molecule has 1 unspecified atom stereocenters. The number of amides is 1. The summed E-state index contributed by atoms with van der Waals surface area (Å²) < 4.78 is 35.5. The number of halogens is 3. The first kappa shape index (κ1) is 16.2. The molecule has 0 aromatic heterocycles. The summed E-state index contributed by atoms with van der Waals surface area (Å²) in [5.74, 6) is 0.182. The molecule has 1 amide bonds. The van der Waals surface area contributed by atoms with Crippen molar-refractivity contribution in [1.82, 2.24) is 10.6 Å². The van der Waals surface area contributed by atoms with E-state index in [0.717, 1.165) is 0 Å². The van der Waals surface area contributed by atoms with E-state index in [1.807, 2.05) is 13.8 Å². The van der Waals surface area contributed by atoms with Gasteiger partial charge in [0.1, 0.15) is 0 Å². The van der Waals surface area contributed by atoms with E-state index in [-0.39, 0.29) is 18.9 Å². The lowest BCUT2D eigenvalue weighted by Crippen LogP contribution is -2.43. The highest BCUT2D eigenvalue weighted by Gasteiger charge is 2.26. The Morgan fingerprint density at radius 1 is 1.24 bits per heavy atom. The van der Waals surface area contributed by atoms with Gasteiger partial charge in [-0.15, -0.1) is 0 Å². The third-order valence-electron chi connectivity index (χ3n) is 2.17. The lowest BCUT2D eigenvalue weighted by Gasteiger charge is -2.15. The van der Waals surface area contributed by atoms with Crippen molar-refractivity contribution in [3.63, 3.8) is 0 Å². The van der Waals surface area contributed by atoms with Crippen molar-refractivity contribution in [2.75, 3.05) is 13.1 Å². The molecule has 0 fully saturated rings. The molecule has 17 heavy (non-hydrogen) atoms. The Morgan fingerprint density at radius 2 is 1.82 bits per heavy atom. The zero-order valence-corrected chi connectivity index (χ0v) is 10.5. The maximum Gasteiger partial charge on any atom is 0.389 e. The fourth-order valence-corrected chi connectivity index (χ4v) is 1.16. The molecule has 0 heterocycles. The van der Waals surface area contributed by atoms with Gasteiger partial charge in [-0.3, -0.25) is 4.79 Å². The van der Waals surface area contributed by atoms with Crippen LogP contribution in [-0.4, -0.2) is 31.2 Å². The molecule has 0 spiro atoms. The molecule has 2 N–H and O–H groups in total. The zero-order chi connectivity index (χ0) is 13.5. The van der Waals surface area contributed by atoms with Gasteiger partial charge in [0.05, 0.1) is 6.04 Å². The molecule has 0 aromatic carbocycles. The molecule has 0 aliphatic rings. The number of hydrogen-bond donors (Lipinski definition) is 2. The number of rotatable bonds is 7. The monoisotopic (exact) mass is 254 g/mol. The van der Waals surface area contributed by atoms with Crippen molar-refractivity contribution in [3.8, 4) is 0 Å². The summed E-state index contributed by atoms with van der Waals surface area (Å²) in [5.41, 5.74) is 0. The minimum atomic E-state index is -4.12. The van der Waals surface area contributed by atoms with E-state index in [0.29, 0.717) is 12.5 Å². The van der Waals surface area contributed by atoms with Crippen LogP contribution in [0.15, 0.2) is 0 Å². The van der Waals surface area contributed by atoms with Gasteiger partial charge in [-0.2, -0.15) is 13.2 Å². The van der Waals surface area contributed by atoms with E-state index in [1.54, 1.807) is 6.92 Å². The van der Waals surface area contributed by atoms with Crippen LogP contribution in [0.5, 0.6) is 0 Å². The number of alkyl halides is 3. The van der Waals surface area contributed by atoms with Crippen molar-refractivity contribution < 1.29 is 18.0 Å². The minimum absolute atomic E-state index is 0.00863. The second-order valence-corrected chi connectivity index (χ2v) is 4.53. The number of hydrogen-bond acceptors (Lipinski definition) is 2. The summed E-state index contributed by atoms with van der Waals surface area (Å²) in [6, 6.07) is -0.456. The standard InChI is InChI=1S/C11H21F3N2O/c1-8(2)7-16-10(17)9(3)15-6-4-5-11(12,13)14/h8-9,15H,4-7H2,1-3H3,(H,16,17). The Hall–Kier alpha value is -0.780. The summed E-state index contributed by atoms with van der Waals surface area (Å²) in [4.78, 5) is 11.4. The highest BCUT2D eigenvalue weighted by Crippen LogP contribution is 2.20. The number of carbonyl (C=O) groups is 1. The van der Waals surface area contributed by atoms with Gasteiger partial charge in [0.15, 0.2) is 0 Å². The summed E-state index contributed by atoms with van der Waals surface area (Å²) in [5, 5.41) is 5.48. The van der Waals surface area contributed by atoms with Crippen molar-refractivity contribution in [2.24, 2.45) is 5.92 Å². The fourth-order valence-electron chi connectivity index (χ4n) is 1.16. The van der Waals surface area contributed by atoms with E-state index >= 15 is 0 Å². The molecular formula is C11H21F3N2O. The summed E-state index contributed by atoms with van der Waals surface area (Å²) in [6.45, 7) is 6.36. The van der Waals surface area contributed by atoms with E-state index in [4.69, 9.17) is 0 Å². The molecule has 6 heteroatoms. The fraction of sp³-hybridized carbons (Fsp3) is 0.909. The van der Waals surface area contributed by atoms with Crippen LogP contribution >= 0.6 is 0 Å². The first-order valence-electron chi connectivity index (χ1n) is 5.80. The predicted octanol–water partition coefficient (Wildman–Crippen LogP) is 2.08. The van der Waals surface area contributed by atoms with Gasteiger partial charge in [-0.1, -0.05) is 13.8 Å². The Kier molecular flexibility index (Phi) is 7.18. The lowest BCUT2D eigenvalue weighted by molar-refractivity contribution is -0.135. The maximum absolute atomic E-state index is 11.8. The molecule has 3 nitrogen and oxygen atoms in total. The highest BCUT2D eigenvalue weighted by atomic mass is 19.4. The van der Waals surface area contributed by atoms with Gasteiger partial charge in [0, 0.05) is 13.0 Å². The van der Waals surface area contributed by atoms with Crippen LogP contribution < -0.4 is 10.6 Å². The summed E-state index contributed by atoms with van der Waals surface area (Å²) in [7, 11) is 0. The molecule has 0 bridgehead atoms. The SMILES string of the molecule is CC(C)CNC(=O)C(C)NCCCC(F)(F)F. The number of nitrogens with one attached hydrogen (secondary N) is 2. The normalized spacial score (nSPS) is 13.8. The van der Waals surface area contributed by atoms with Crippen LogP contribution in [-0.2, 0) is 4.79 Å². The van der Waals surface area contributed by atoms with Gasteiger partial charge in [0.25, 0.3) is 0 Å². The highest BCUT2D eigenvalue weighted by molar-refractivity contribution is 5.81. The second kappa shape index (κ2) is 7.53. The smallest absolute Gasteiger partial charge is 0.354 e. The largest absolute Gasteiger partial charge is 0.389 e. The molecule has 0 aromatic rings. The van der Waals surface area contributed by atoms with Crippen molar-refractivity contribution in [3.05, 3.63) is 0 Å². The van der Waals surface area contributed by atoms with Crippen LogP contribution in [0.4, 0.5) is 13.2 Å². The van der Waals surface area contributed by atoms with Crippen LogP contribution in [0.1, 0.15) is 33.6 Å². The van der Waals surface area contributed by atoms with Crippen LogP contribution in [0.25, 0.3) is 0 Å². The van der Waals surface area contributed by atoms with Gasteiger partial charge >= 0.3 is 6.18 Å². The van der Waals surface area contributed by atoms with E-state index in [9.17, 15) is 18.0 Å². The average molecular weight is 254 g/mol. The number of carbonyl (C=O) groups excluding carboxylic acids is 1. The van der Waals surface area contributed by atoms with E-state index in [2.05, 4.69) is 10.6 Å². The minimum Gasteiger partial charge on any atom is -0.354 e. The Balaban J connectivity index is 3.64. The molecule has 0 aliphatic heterocycles. The quantitative estimate of drug-likeness (QED) is 0.683. The van der Waals surface area contributed by atoms with Gasteiger partial charge < -0.3 is 10.6 Å². The molecule has 0 radical (unpaired) electrons. The Labute approximate surface area is 100 Å². The predicted molar refractivity (Wildman–Crippen MR) is 60.6 cm³/mol. The third-order valence-corrected chi connectivity index (χ3v) is 2.17. The first-order valence-corrected chi connectivity index (χ1v) is 5.80. The third kappa shape index (κ3) is 10.1. The van der Waals surface area contributed by atoms with Gasteiger partial charge in [0.2, 0.25) is 5.91 Å². The van der Waals surface area contributed by atoms with Crippen LogP contribution in [0.2, 0.25) is 0 Å². The van der Waals surface area contributed by atoms with Crippen molar-refractivity contribution in [2.45, 2.75) is 45.8 Å².